The predicted octanol–water partition coefficient (Wildman–Crippen LogP) is 1.63. The van der Waals surface area contributed by atoms with Crippen LogP contribution in [0.3, 0.4) is 0 Å². The third-order valence-electron chi connectivity index (χ3n) is 3.93. The Morgan fingerprint density at radius 1 is 0.697 bits per heavy atom. The summed E-state index contributed by atoms with van der Waals surface area (Å²) in [5.41, 5.74) is 5.69. The number of rotatable bonds is 21. The maximum absolute atomic E-state index is 13.6. The molecule has 0 atom stereocenters. The summed E-state index contributed by atoms with van der Waals surface area (Å²) in [6, 6.07) is 2.19. The zero-order chi connectivity index (χ0) is 24.2. The molecule has 0 aliphatic heterocycles. The van der Waals surface area contributed by atoms with Crippen molar-refractivity contribution in [2.45, 2.75) is 13.3 Å². The molecule has 2 N–H and O–H groups in total. The van der Waals surface area contributed by atoms with Crippen molar-refractivity contribution in [2.24, 2.45) is 5.73 Å². The van der Waals surface area contributed by atoms with Crippen LogP contribution in [0.25, 0.3) is 0 Å². The molecule has 9 nitrogen and oxygen atoms in total. The van der Waals surface area contributed by atoms with Gasteiger partial charge in [0.2, 0.25) is 5.75 Å². The Morgan fingerprint density at radius 2 is 1.06 bits per heavy atom. The van der Waals surface area contributed by atoms with Gasteiger partial charge in [-0.15, -0.1) is 0 Å². The predicted molar refractivity (Wildman–Crippen MR) is 115 cm³/mol. The van der Waals surface area contributed by atoms with Crippen LogP contribution < -0.4 is 10.5 Å². The number of hydrogen-bond donors (Lipinski definition) is 1. The molecule has 0 unspecified atom stereocenters. The molecular weight excluding hydrogens is 444 g/mol. The van der Waals surface area contributed by atoms with Crippen LogP contribution in [0.4, 0.5) is 8.78 Å². The van der Waals surface area contributed by atoms with Crippen LogP contribution in [-0.2, 0) is 33.2 Å². The lowest BCUT2D eigenvalue weighted by molar-refractivity contribution is -0.136. The minimum Gasteiger partial charge on any atom is -0.420 e. The molecule has 1 rings (SSSR count). The van der Waals surface area contributed by atoms with Gasteiger partial charge in [0.15, 0.2) is 11.6 Å². The SMILES string of the molecule is Cc1cc(F)c(OC(=O)CCOCCOCCOCCOCCOCCOCCN)c(F)c1. The molecule has 0 aliphatic rings. The van der Waals surface area contributed by atoms with Gasteiger partial charge in [0.25, 0.3) is 0 Å². The summed E-state index contributed by atoms with van der Waals surface area (Å²) in [6.07, 6.45) is -0.136. The lowest BCUT2D eigenvalue weighted by Crippen LogP contribution is -2.16. The third kappa shape index (κ3) is 15.7. The molecule has 0 bridgehead atoms. The van der Waals surface area contributed by atoms with Crippen molar-refractivity contribution >= 4 is 5.97 Å². The fraction of sp³-hybridized carbons (Fsp3) is 0.682. The standard InChI is InChI=1S/C22H35F2NO8/c1-18-16-19(23)22(20(24)17-18)33-21(26)2-4-27-6-8-29-10-12-31-14-15-32-13-11-30-9-7-28-5-3-25/h16-17H,2-15,25H2,1H3. The fourth-order valence-electron chi connectivity index (χ4n) is 2.39. The Balaban J connectivity index is 1.84. The Morgan fingerprint density at radius 3 is 1.45 bits per heavy atom. The number of carbonyl (C=O) groups is 1. The van der Waals surface area contributed by atoms with E-state index in [4.69, 9.17) is 38.9 Å². The highest BCUT2D eigenvalue weighted by molar-refractivity contribution is 5.72. The number of hydrogen-bond acceptors (Lipinski definition) is 9. The number of esters is 1. The minimum atomic E-state index is -0.918. The Labute approximate surface area is 193 Å². The highest BCUT2D eigenvalue weighted by Gasteiger charge is 2.15. The number of ether oxygens (including phenoxy) is 7. The van der Waals surface area contributed by atoms with E-state index in [-0.39, 0.29) is 19.6 Å². The Kier molecular flexibility index (Phi) is 17.5. The van der Waals surface area contributed by atoms with E-state index in [9.17, 15) is 13.6 Å². The van der Waals surface area contributed by atoms with Crippen molar-refractivity contribution in [3.63, 3.8) is 0 Å². The highest BCUT2D eigenvalue weighted by atomic mass is 19.1. The number of carbonyl (C=O) groups excluding carboxylic acids is 1. The van der Waals surface area contributed by atoms with Crippen molar-refractivity contribution in [2.75, 3.05) is 85.8 Å². The Hall–Kier alpha value is -1.73. The average Bonchev–Trinajstić information content (AvgIpc) is 2.77. The van der Waals surface area contributed by atoms with Crippen LogP contribution in [0.2, 0.25) is 0 Å². The molecular formula is C22H35F2NO8. The monoisotopic (exact) mass is 479 g/mol. The number of halogens is 2. The molecule has 190 valence electrons. The second-order valence-corrected chi connectivity index (χ2v) is 6.74. The molecule has 0 heterocycles. The molecule has 0 spiro atoms. The molecule has 0 radical (unpaired) electrons. The van der Waals surface area contributed by atoms with Crippen LogP contribution >= 0.6 is 0 Å². The molecule has 1 aromatic carbocycles. The molecule has 33 heavy (non-hydrogen) atoms. The second-order valence-electron chi connectivity index (χ2n) is 6.74. The highest BCUT2D eigenvalue weighted by Crippen LogP contribution is 2.23. The van der Waals surface area contributed by atoms with Gasteiger partial charge in [-0.25, -0.2) is 8.78 Å². The van der Waals surface area contributed by atoms with Crippen LogP contribution in [0.1, 0.15) is 12.0 Å². The van der Waals surface area contributed by atoms with Crippen molar-refractivity contribution in [1.82, 2.24) is 0 Å². The molecule has 0 fully saturated rings. The number of nitrogens with two attached hydrogens (primary N) is 1. The summed E-state index contributed by atoms with van der Waals surface area (Å²) in [4.78, 5) is 11.7. The molecule has 0 aliphatic carbocycles. The van der Waals surface area contributed by atoms with E-state index in [0.29, 0.717) is 78.2 Å². The van der Waals surface area contributed by atoms with Gasteiger partial charge in [-0.05, 0) is 24.6 Å². The first-order valence-corrected chi connectivity index (χ1v) is 10.9. The van der Waals surface area contributed by atoms with Crippen LogP contribution in [0.15, 0.2) is 12.1 Å². The van der Waals surface area contributed by atoms with Gasteiger partial charge < -0.3 is 38.9 Å². The second kappa shape index (κ2) is 19.7. The van der Waals surface area contributed by atoms with Crippen molar-refractivity contribution in [1.29, 1.82) is 0 Å². The Bertz CT molecular complexity index is 628. The summed E-state index contributed by atoms with van der Waals surface area (Å²) in [5.74, 6) is -3.32. The van der Waals surface area contributed by atoms with Gasteiger partial charge in [-0.1, -0.05) is 0 Å². The maximum atomic E-state index is 13.6. The van der Waals surface area contributed by atoms with Gasteiger partial charge in [-0.2, -0.15) is 0 Å². The smallest absolute Gasteiger partial charge is 0.313 e. The van der Waals surface area contributed by atoms with Crippen LogP contribution in [-0.4, -0.2) is 91.8 Å². The van der Waals surface area contributed by atoms with E-state index in [0.717, 1.165) is 12.1 Å². The fourth-order valence-corrected chi connectivity index (χ4v) is 2.39. The molecule has 0 saturated heterocycles. The summed E-state index contributed by atoms with van der Waals surface area (Å²) >= 11 is 0. The van der Waals surface area contributed by atoms with Crippen LogP contribution in [0, 0.1) is 18.6 Å². The first-order valence-electron chi connectivity index (χ1n) is 10.9. The zero-order valence-electron chi connectivity index (χ0n) is 19.2. The summed E-state index contributed by atoms with van der Waals surface area (Å²) in [6.45, 7) is 6.94. The average molecular weight is 480 g/mol. The normalized spacial score (nSPS) is 11.2. The number of benzene rings is 1. The van der Waals surface area contributed by atoms with E-state index in [2.05, 4.69) is 0 Å². The van der Waals surface area contributed by atoms with E-state index in [1.54, 1.807) is 0 Å². The third-order valence-corrected chi connectivity index (χ3v) is 3.93. The van der Waals surface area contributed by atoms with E-state index in [1.807, 2.05) is 0 Å². The lowest BCUT2D eigenvalue weighted by Gasteiger charge is -2.09. The topological polar surface area (TPSA) is 108 Å². The van der Waals surface area contributed by atoms with E-state index in [1.165, 1.54) is 6.92 Å². The van der Waals surface area contributed by atoms with Crippen molar-refractivity contribution < 1.29 is 46.7 Å². The minimum absolute atomic E-state index is 0.0512. The molecule has 0 aromatic heterocycles. The van der Waals surface area contributed by atoms with Gasteiger partial charge in [0, 0.05) is 6.54 Å². The molecule has 11 heteroatoms. The quantitative estimate of drug-likeness (QED) is 0.160. The summed E-state index contributed by atoms with van der Waals surface area (Å²) in [7, 11) is 0. The molecule has 0 saturated carbocycles. The van der Waals surface area contributed by atoms with Crippen molar-refractivity contribution in [3.05, 3.63) is 29.3 Å². The largest absolute Gasteiger partial charge is 0.420 e. The van der Waals surface area contributed by atoms with E-state index >= 15 is 0 Å². The zero-order valence-corrected chi connectivity index (χ0v) is 19.2. The maximum Gasteiger partial charge on any atom is 0.313 e. The summed E-state index contributed by atoms with van der Waals surface area (Å²) < 4.78 is 63.8. The van der Waals surface area contributed by atoms with Gasteiger partial charge in [0.05, 0.1) is 85.7 Å². The van der Waals surface area contributed by atoms with Gasteiger partial charge >= 0.3 is 5.97 Å². The first kappa shape index (κ1) is 29.3. The number of aryl methyl sites for hydroxylation is 1. The molecule has 1 aromatic rings. The van der Waals surface area contributed by atoms with Gasteiger partial charge in [-0.3, -0.25) is 4.79 Å². The van der Waals surface area contributed by atoms with Crippen LogP contribution in [0.5, 0.6) is 5.75 Å². The molecule has 0 amide bonds. The van der Waals surface area contributed by atoms with Gasteiger partial charge in [0.1, 0.15) is 0 Å². The first-order chi connectivity index (χ1) is 16.0. The lowest BCUT2D eigenvalue weighted by atomic mass is 10.2. The van der Waals surface area contributed by atoms with E-state index < -0.39 is 23.4 Å². The summed E-state index contributed by atoms with van der Waals surface area (Å²) in [5, 5.41) is 0. The van der Waals surface area contributed by atoms with Crippen molar-refractivity contribution in [3.8, 4) is 5.75 Å².